The maximum Gasteiger partial charge on any atom is 0.261 e. The van der Waals surface area contributed by atoms with Gasteiger partial charge in [0.05, 0.1) is 7.05 Å². The number of quaternary nitrogens is 1. The predicted molar refractivity (Wildman–Crippen MR) is 128 cm³/mol. The van der Waals surface area contributed by atoms with Gasteiger partial charge in [-0.15, -0.1) is 0 Å². The van der Waals surface area contributed by atoms with Gasteiger partial charge < -0.3 is 0 Å². The Morgan fingerprint density at radius 1 is 1.27 bits per heavy atom. The van der Waals surface area contributed by atoms with Crippen molar-refractivity contribution in [1.29, 1.82) is 0 Å². The van der Waals surface area contributed by atoms with E-state index < -0.39 is 10.0 Å². The highest BCUT2D eigenvalue weighted by atomic mass is 35.5. The van der Waals surface area contributed by atoms with E-state index in [1.807, 2.05) is 24.3 Å². The number of hydrogen-bond donors (Lipinski definition) is 1. The van der Waals surface area contributed by atoms with Gasteiger partial charge in [0.25, 0.3) is 10.0 Å². The van der Waals surface area contributed by atoms with Crippen LogP contribution in [0.15, 0.2) is 52.6 Å². The maximum atomic E-state index is 15.2. The van der Waals surface area contributed by atoms with Gasteiger partial charge in [0.2, 0.25) is 5.03 Å². The van der Waals surface area contributed by atoms with E-state index in [1.54, 1.807) is 13.1 Å². The van der Waals surface area contributed by atoms with Gasteiger partial charge in [-0.25, -0.2) is 17.9 Å². The molecule has 5 rings (SSSR count). The van der Waals surface area contributed by atoms with E-state index in [1.165, 1.54) is 30.1 Å². The van der Waals surface area contributed by atoms with Gasteiger partial charge in [0.1, 0.15) is 18.6 Å². The van der Waals surface area contributed by atoms with Gasteiger partial charge in [-0.3, -0.25) is 9.38 Å². The number of aliphatic imine (C=N–C) groups is 1. The molecule has 2 heterocycles. The molecule has 33 heavy (non-hydrogen) atoms. The summed E-state index contributed by atoms with van der Waals surface area (Å²) in [5.74, 6) is -0.0316. The van der Waals surface area contributed by atoms with Crippen LogP contribution in [-0.4, -0.2) is 50.3 Å². The molecule has 0 bridgehead atoms. The zero-order valence-corrected chi connectivity index (χ0v) is 20.0. The molecule has 1 aliphatic carbocycles. The number of nitrogens with zero attached hydrogens (tertiary/aromatic N) is 3. The summed E-state index contributed by atoms with van der Waals surface area (Å²) in [5, 5.41) is 5.74. The number of primary sulfonamides is 1. The third kappa shape index (κ3) is 4.50. The zero-order valence-electron chi connectivity index (χ0n) is 18.4. The molecule has 3 atom stereocenters. The summed E-state index contributed by atoms with van der Waals surface area (Å²) in [5.41, 5.74) is 3.93. The largest absolute Gasteiger partial charge is 0.299 e. The number of sulfonamides is 1. The molecule has 3 unspecified atom stereocenters. The molecular weight excluding hydrogens is 463 g/mol. The molecular formula is C24H27ClFN4O2S+. The van der Waals surface area contributed by atoms with Crippen LogP contribution in [0.3, 0.4) is 0 Å². The molecule has 2 aromatic rings. The van der Waals surface area contributed by atoms with Gasteiger partial charge in [0.15, 0.2) is 6.34 Å². The maximum absolute atomic E-state index is 15.2. The second-order valence-electron chi connectivity index (χ2n) is 9.51. The van der Waals surface area contributed by atoms with Gasteiger partial charge in [-0.2, -0.15) is 4.99 Å². The van der Waals surface area contributed by atoms with Crippen molar-refractivity contribution in [2.45, 2.75) is 37.8 Å². The monoisotopic (exact) mass is 489 g/mol. The van der Waals surface area contributed by atoms with Gasteiger partial charge in [-0.1, -0.05) is 23.7 Å². The van der Waals surface area contributed by atoms with Crippen LogP contribution >= 0.6 is 11.6 Å². The van der Waals surface area contributed by atoms with Crippen LogP contribution < -0.4 is 5.14 Å². The molecule has 2 N–H and O–H groups in total. The molecule has 1 fully saturated rings. The summed E-state index contributed by atoms with van der Waals surface area (Å²) in [6.07, 6.45) is 5.81. The molecule has 0 radical (unpaired) electrons. The minimum absolute atomic E-state index is 0.0377. The molecule has 2 aliphatic heterocycles. The normalized spacial score (nSPS) is 26.8. The number of likely N-dealkylation sites (tertiary alicyclic amines) is 1. The lowest BCUT2D eigenvalue weighted by molar-refractivity contribution is -0.771. The molecule has 0 amide bonds. The molecule has 1 saturated heterocycles. The number of rotatable bonds is 6. The van der Waals surface area contributed by atoms with Crippen molar-refractivity contribution in [3.63, 3.8) is 0 Å². The van der Waals surface area contributed by atoms with E-state index in [0.717, 1.165) is 31.5 Å². The molecule has 0 saturated carbocycles. The third-order valence-corrected chi connectivity index (χ3v) is 7.99. The number of hydrogen-bond acceptors (Lipinski definition) is 4. The van der Waals surface area contributed by atoms with Crippen LogP contribution in [-0.2, 0) is 29.4 Å². The molecule has 0 aromatic heterocycles. The third-order valence-electron chi connectivity index (χ3n) is 6.96. The first-order chi connectivity index (χ1) is 15.6. The average Bonchev–Trinajstić information content (AvgIpc) is 3.23. The highest BCUT2D eigenvalue weighted by Crippen LogP contribution is 2.42. The highest BCUT2D eigenvalue weighted by Gasteiger charge is 2.39. The predicted octanol–water partition coefficient (Wildman–Crippen LogP) is 3.51. The topological polar surface area (TPSA) is 75.8 Å². The van der Waals surface area contributed by atoms with Gasteiger partial charge in [-0.05, 0) is 73.3 Å². The lowest BCUT2D eigenvalue weighted by Crippen LogP contribution is -2.47. The zero-order chi connectivity index (χ0) is 23.4. The second kappa shape index (κ2) is 8.29. The Morgan fingerprint density at radius 2 is 2.06 bits per heavy atom. The van der Waals surface area contributed by atoms with E-state index >= 15 is 4.39 Å². The molecule has 0 spiro atoms. The first-order valence-electron chi connectivity index (χ1n) is 11.1. The molecule has 6 nitrogen and oxygen atoms in total. The Bertz CT molecular complexity index is 1280. The minimum Gasteiger partial charge on any atom is -0.299 e. The summed E-state index contributed by atoms with van der Waals surface area (Å²) in [6, 6.07) is 11.9. The quantitative estimate of drug-likeness (QED) is 0.631. The minimum atomic E-state index is -3.91. The first kappa shape index (κ1) is 22.7. The Kier molecular flexibility index (Phi) is 5.69. The molecule has 2 aromatic carbocycles. The SMILES string of the molecule is C[N+]1(Cc2cc3c(cc2F)CC(N2CCC2)C3Cc2cccc(Cl)c2)C=NC(S(N)(=O)=O)=C1. The fourth-order valence-electron chi connectivity index (χ4n) is 5.22. The van der Waals surface area contributed by atoms with Crippen molar-refractivity contribution < 1.29 is 17.3 Å². The van der Waals surface area contributed by atoms with Crippen LogP contribution in [0.4, 0.5) is 4.39 Å². The number of benzene rings is 2. The van der Waals surface area contributed by atoms with Crippen LogP contribution in [0.5, 0.6) is 0 Å². The standard InChI is InChI=1S/C24H27ClFN4O2S/c1-30(14-24(28-15-30)33(27,31)32)13-18-10-20-17(11-22(18)26)12-23(29-6-3-7-29)21(20)9-16-4-2-5-19(25)8-16/h2,4-5,8,10-11,14-15,21,23H,3,6-7,9,12-13H2,1H3,(H2,27,31,32)/q+1. The Balaban J connectivity index is 1.48. The van der Waals surface area contributed by atoms with Gasteiger partial charge >= 0.3 is 0 Å². The summed E-state index contributed by atoms with van der Waals surface area (Å²) < 4.78 is 38.6. The summed E-state index contributed by atoms with van der Waals surface area (Å²) in [6.45, 7) is 2.40. The van der Waals surface area contributed by atoms with Crippen LogP contribution in [0, 0.1) is 5.82 Å². The Hall–Kier alpha value is -2.10. The summed E-state index contributed by atoms with van der Waals surface area (Å²) in [4.78, 5) is 6.44. The van der Waals surface area contributed by atoms with Crippen molar-refractivity contribution in [3.05, 3.63) is 80.7 Å². The average molecular weight is 490 g/mol. The highest BCUT2D eigenvalue weighted by molar-refractivity contribution is 7.93. The van der Waals surface area contributed by atoms with Crippen LogP contribution in [0.1, 0.15) is 34.6 Å². The smallest absolute Gasteiger partial charge is 0.261 e. The van der Waals surface area contributed by atoms with Crippen molar-refractivity contribution in [1.82, 2.24) is 4.90 Å². The van der Waals surface area contributed by atoms with E-state index in [2.05, 4.69) is 16.0 Å². The number of fused-ring (bicyclic) bond motifs is 1. The fourth-order valence-corrected chi connectivity index (χ4v) is 6.02. The Labute approximate surface area is 198 Å². The lowest BCUT2D eigenvalue weighted by atomic mass is 9.88. The Morgan fingerprint density at radius 3 is 2.70 bits per heavy atom. The van der Waals surface area contributed by atoms with Gasteiger partial charge in [0, 0.05) is 22.5 Å². The van der Waals surface area contributed by atoms with E-state index in [4.69, 9.17) is 16.7 Å². The summed E-state index contributed by atoms with van der Waals surface area (Å²) >= 11 is 6.24. The fraction of sp³-hybridized carbons (Fsp3) is 0.375. The van der Waals surface area contributed by atoms with Crippen molar-refractivity contribution >= 4 is 28.0 Å². The van der Waals surface area contributed by atoms with Crippen molar-refractivity contribution in [2.75, 3.05) is 20.1 Å². The molecule has 174 valence electrons. The van der Waals surface area contributed by atoms with Crippen LogP contribution in [0.2, 0.25) is 5.02 Å². The van der Waals surface area contributed by atoms with E-state index in [-0.39, 0.29) is 27.8 Å². The summed E-state index contributed by atoms with van der Waals surface area (Å²) in [7, 11) is -2.13. The first-order valence-corrected chi connectivity index (χ1v) is 13.0. The van der Waals surface area contributed by atoms with Crippen molar-refractivity contribution in [2.24, 2.45) is 10.1 Å². The number of nitrogens with two attached hydrogens (primary N) is 1. The number of halogens is 2. The van der Waals surface area contributed by atoms with E-state index in [9.17, 15) is 8.42 Å². The van der Waals surface area contributed by atoms with Crippen molar-refractivity contribution in [3.8, 4) is 0 Å². The molecule has 3 aliphatic rings. The second-order valence-corrected chi connectivity index (χ2v) is 11.5. The lowest BCUT2D eigenvalue weighted by Gasteiger charge is -2.39. The van der Waals surface area contributed by atoms with Crippen LogP contribution in [0.25, 0.3) is 0 Å². The molecule has 9 heteroatoms. The van der Waals surface area contributed by atoms with E-state index in [0.29, 0.717) is 16.6 Å².